The van der Waals surface area contributed by atoms with Gasteiger partial charge >= 0.3 is 0 Å². The number of benzene rings is 1. The Hall–Kier alpha value is -2.73. The molecule has 1 aromatic carbocycles. The van der Waals surface area contributed by atoms with E-state index in [4.69, 9.17) is 4.52 Å². The number of anilines is 2. The van der Waals surface area contributed by atoms with Gasteiger partial charge in [-0.15, -0.1) is 0 Å². The van der Waals surface area contributed by atoms with Gasteiger partial charge < -0.3 is 15.2 Å². The summed E-state index contributed by atoms with van der Waals surface area (Å²) in [6.45, 7) is 17.1. The van der Waals surface area contributed by atoms with Gasteiger partial charge in [-0.05, 0) is 61.2 Å². The van der Waals surface area contributed by atoms with Crippen LogP contribution in [0.25, 0.3) is 11.4 Å². The first-order chi connectivity index (χ1) is 15.0. The third kappa shape index (κ3) is 9.30. The first kappa shape index (κ1) is 26.3. The van der Waals surface area contributed by atoms with Gasteiger partial charge in [-0.2, -0.15) is 4.98 Å². The van der Waals surface area contributed by atoms with Crippen molar-refractivity contribution in [1.29, 1.82) is 0 Å². The molecular weight excluding hydrogens is 386 g/mol. The Bertz CT molecular complexity index is 812. The lowest BCUT2D eigenvalue weighted by Gasteiger charge is -2.20. The van der Waals surface area contributed by atoms with Crippen molar-refractivity contribution in [1.82, 2.24) is 20.4 Å². The molecule has 6 heteroatoms. The third-order valence-electron chi connectivity index (χ3n) is 4.34. The van der Waals surface area contributed by atoms with E-state index in [0.717, 1.165) is 17.1 Å². The normalized spacial score (nSPS) is 12.4. The Morgan fingerprint density at radius 1 is 0.935 bits per heavy atom. The predicted molar refractivity (Wildman–Crippen MR) is 131 cm³/mol. The van der Waals surface area contributed by atoms with Crippen molar-refractivity contribution in [3.63, 3.8) is 0 Å². The number of aromatic nitrogens is 3. The van der Waals surface area contributed by atoms with E-state index in [-0.39, 0.29) is 5.41 Å². The van der Waals surface area contributed by atoms with E-state index in [9.17, 15) is 0 Å². The van der Waals surface area contributed by atoms with Gasteiger partial charge in [0.2, 0.25) is 12.2 Å². The van der Waals surface area contributed by atoms with E-state index < -0.39 is 0 Å². The second-order valence-corrected chi connectivity index (χ2v) is 7.60. The summed E-state index contributed by atoms with van der Waals surface area (Å²) in [5.74, 6) is 1.31. The highest BCUT2D eigenvalue weighted by Crippen LogP contribution is 2.26. The van der Waals surface area contributed by atoms with Crippen molar-refractivity contribution < 1.29 is 4.52 Å². The molecule has 2 aromatic heterocycles. The van der Waals surface area contributed by atoms with Crippen molar-refractivity contribution >= 4 is 11.5 Å². The molecule has 4 rings (SSSR count). The summed E-state index contributed by atoms with van der Waals surface area (Å²) in [7, 11) is 0. The van der Waals surface area contributed by atoms with Crippen LogP contribution in [0.4, 0.5) is 11.5 Å². The zero-order valence-corrected chi connectivity index (χ0v) is 20.2. The van der Waals surface area contributed by atoms with Gasteiger partial charge in [0.05, 0.1) is 0 Å². The molecule has 31 heavy (non-hydrogen) atoms. The first-order valence-electron chi connectivity index (χ1n) is 11.3. The van der Waals surface area contributed by atoms with Gasteiger partial charge in [0.15, 0.2) is 0 Å². The second kappa shape index (κ2) is 14.3. The van der Waals surface area contributed by atoms with Crippen LogP contribution in [0, 0.1) is 0 Å². The maximum absolute atomic E-state index is 4.74. The summed E-state index contributed by atoms with van der Waals surface area (Å²) in [5, 5.41) is 10.3. The molecule has 0 radical (unpaired) electrons. The molecule has 0 amide bonds. The monoisotopic (exact) mass is 425 g/mol. The number of hydrogen-bond donors (Lipinski definition) is 2. The Morgan fingerprint density at radius 2 is 1.65 bits per heavy atom. The smallest absolute Gasteiger partial charge is 0.214 e. The van der Waals surface area contributed by atoms with Gasteiger partial charge in [0.1, 0.15) is 5.82 Å². The zero-order valence-electron chi connectivity index (χ0n) is 20.2. The maximum Gasteiger partial charge on any atom is 0.214 e. The van der Waals surface area contributed by atoms with Crippen LogP contribution < -0.4 is 10.6 Å². The van der Waals surface area contributed by atoms with Crippen molar-refractivity contribution in [2.75, 3.05) is 18.4 Å². The molecule has 3 heterocycles. The number of hydrogen-bond acceptors (Lipinski definition) is 6. The topological polar surface area (TPSA) is 75.9 Å². The van der Waals surface area contributed by atoms with Crippen LogP contribution in [0.2, 0.25) is 0 Å². The molecule has 1 saturated heterocycles. The van der Waals surface area contributed by atoms with Gasteiger partial charge in [0, 0.05) is 17.4 Å². The molecule has 3 aromatic rings. The third-order valence-corrected chi connectivity index (χ3v) is 4.34. The van der Waals surface area contributed by atoms with Crippen molar-refractivity contribution in [2.45, 2.75) is 66.7 Å². The summed E-state index contributed by atoms with van der Waals surface area (Å²) in [4.78, 5) is 8.39. The molecule has 1 aliphatic rings. The van der Waals surface area contributed by atoms with Crippen molar-refractivity contribution in [2.24, 2.45) is 0 Å². The molecule has 0 unspecified atom stereocenters. The standard InChI is InChI=1S/C17H18N4O.C4H9N.2C2H6/c1-17(2,3)13-5-4-6-14(9-13)20-15-8-7-12(10-18-15)16-19-11-22-21-16;1-2-4-5-3-1;2*1-2/h4-11H,1-3H3,(H,18,20);5H,1-4H2;2*1-2H3. The maximum atomic E-state index is 4.74. The van der Waals surface area contributed by atoms with Gasteiger partial charge in [-0.1, -0.05) is 65.8 Å². The van der Waals surface area contributed by atoms with Crippen LogP contribution >= 0.6 is 0 Å². The molecule has 0 bridgehead atoms. The molecule has 2 N–H and O–H groups in total. The number of nitrogens with one attached hydrogen (secondary N) is 2. The zero-order chi connectivity index (χ0) is 23.1. The lowest BCUT2D eigenvalue weighted by atomic mass is 9.87. The fraction of sp³-hybridized carbons (Fsp3) is 0.480. The van der Waals surface area contributed by atoms with Crippen LogP contribution in [0.1, 0.15) is 66.9 Å². The highest BCUT2D eigenvalue weighted by molar-refractivity contribution is 5.61. The Balaban J connectivity index is 0.000000454. The minimum atomic E-state index is 0.119. The van der Waals surface area contributed by atoms with Crippen molar-refractivity contribution in [3.05, 3.63) is 54.6 Å². The van der Waals surface area contributed by atoms with E-state index in [1.165, 1.54) is 37.9 Å². The van der Waals surface area contributed by atoms with Crippen molar-refractivity contribution in [3.8, 4) is 11.4 Å². The average Bonchev–Trinajstić information content (AvgIpc) is 3.54. The van der Waals surface area contributed by atoms with Crippen LogP contribution in [0.3, 0.4) is 0 Å². The Labute approximate surface area is 187 Å². The molecule has 0 aliphatic carbocycles. The summed E-state index contributed by atoms with van der Waals surface area (Å²) in [6, 6.07) is 12.2. The first-order valence-corrected chi connectivity index (χ1v) is 11.3. The Kier molecular flexibility index (Phi) is 12.1. The predicted octanol–water partition coefficient (Wildman–Crippen LogP) is 6.59. The Morgan fingerprint density at radius 3 is 2.13 bits per heavy atom. The van der Waals surface area contributed by atoms with Gasteiger partial charge in [0.25, 0.3) is 0 Å². The molecule has 0 atom stereocenters. The summed E-state index contributed by atoms with van der Waals surface area (Å²) in [6.07, 6.45) is 5.81. The number of rotatable bonds is 3. The van der Waals surface area contributed by atoms with E-state index in [0.29, 0.717) is 5.82 Å². The van der Waals surface area contributed by atoms with E-state index in [1.807, 2.05) is 45.9 Å². The quantitative estimate of drug-likeness (QED) is 0.493. The summed E-state index contributed by atoms with van der Waals surface area (Å²) in [5.41, 5.74) is 3.24. The average molecular weight is 426 g/mol. The lowest BCUT2D eigenvalue weighted by molar-refractivity contribution is 0.418. The molecular formula is C25H39N5O. The number of pyridine rings is 1. The SMILES string of the molecule is C1CCNC1.CC.CC.CC(C)(C)c1cccc(Nc2ccc(-c3ncon3)cn2)c1. The van der Waals surface area contributed by atoms with E-state index in [1.54, 1.807) is 6.20 Å². The van der Waals surface area contributed by atoms with Gasteiger partial charge in [-0.3, -0.25) is 0 Å². The van der Waals surface area contributed by atoms with Crippen LogP contribution in [0.15, 0.2) is 53.5 Å². The lowest BCUT2D eigenvalue weighted by Crippen LogP contribution is -2.11. The highest BCUT2D eigenvalue weighted by Gasteiger charge is 2.13. The van der Waals surface area contributed by atoms with Crippen LogP contribution in [0.5, 0.6) is 0 Å². The molecule has 1 aliphatic heterocycles. The molecule has 6 nitrogen and oxygen atoms in total. The number of nitrogens with zero attached hydrogens (tertiary/aromatic N) is 3. The molecule has 1 fully saturated rings. The fourth-order valence-corrected chi connectivity index (χ4v) is 2.73. The summed E-state index contributed by atoms with van der Waals surface area (Å²) >= 11 is 0. The van der Waals surface area contributed by atoms with E-state index in [2.05, 4.69) is 64.7 Å². The largest absolute Gasteiger partial charge is 0.342 e. The fourth-order valence-electron chi connectivity index (χ4n) is 2.73. The molecule has 0 spiro atoms. The van der Waals surface area contributed by atoms with Crippen LogP contribution in [-0.4, -0.2) is 28.2 Å². The molecule has 0 saturated carbocycles. The van der Waals surface area contributed by atoms with Gasteiger partial charge in [-0.25, -0.2) is 4.98 Å². The van der Waals surface area contributed by atoms with Crippen LogP contribution in [-0.2, 0) is 5.41 Å². The highest BCUT2D eigenvalue weighted by atomic mass is 16.5. The summed E-state index contributed by atoms with van der Waals surface area (Å²) < 4.78 is 4.74. The van der Waals surface area contributed by atoms with E-state index >= 15 is 0 Å². The minimum absolute atomic E-state index is 0.119. The minimum Gasteiger partial charge on any atom is -0.342 e. The molecule has 170 valence electrons. The second-order valence-electron chi connectivity index (χ2n) is 7.60.